The molecular weight excluding hydrogens is 334 g/mol. The lowest BCUT2D eigenvalue weighted by molar-refractivity contribution is -0.125. The summed E-state index contributed by atoms with van der Waals surface area (Å²) >= 11 is 0. The average molecular weight is 351 g/mol. The second kappa shape index (κ2) is 6.51. The van der Waals surface area contributed by atoms with Gasteiger partial charge in [-0.25, -0.2) is 0 Å². The van der Waals surface area contributed by atoms with E-state index in [4.69, 9.17) is 14.0 Å². The minimum Gasteiger partial charge on any atom is -0.497 e. The van der Waals surface area contributed by atoms with Gasteiger partial charge in [0.15, 0.2) is 6.10 Å². The Morgan fingerprint density at radius 2 is 2.04 bits per heavy atom. The first-order valence-corrected chi connectivity index (χ1v) is 8.20. The first kappa shape index (κ1) is 16.1. The topological polar surface area (TPSA) is 77.7 Å². The van der Waals surface area contributed by atoms with E-state index in [1.165, 1.54) is 0 Å². The summed E-state index contributed by atoms with van der Waals surface area (Å²) in [6.45, 7) is 1.90. The number of carbonyl (C=O) groups excluding carboxylic acids is 1. The number of benzene rings is 2. The van der Waals surface area contributed by atoms with Crippen molar-refractivity contribution in [1.82, 2.24) is 10.1 Å². The van der Waals surface area contributed by atoms with E-state index in [1.54, 1.807) is 18.9 Å². The van der Waals surface area contributed by atoms with Crippen LogP contribution in [0.1, 0.15) is 12.8 Å². The third kappa shape index (κ3) is 2.88. The van der Waals surface area contributed by atoms with E-state index in [0.29, 0.717) is 28.9 Å². The lowest BCUT2D eigenvalue weighted by Crippen LogP contribution is -2.44. The maximum Gasteiger partial charge on any atom is 0.268 e. The van der Waals surface area contributed by atoms with Crippen LogP contribution >= 0.6 is 0 Å². The van der Waals surface area contributed by atoms with Gasteiger partial charge in [-0.2, -0.15) is 4.98 Å². The van der Waals surface area contributed by atoms with E-state index in [0.717, 1.165) is 5.56 Å². The molecule has 132 valence electrons. The number of carbonyl (C=O) groups is 1. The Kier molecular flexibility index (Phi) is 4.04. The van der Waals surface area contributed by atoms with E-state index in [-0.39, 0.29) is 12.5 Å². The molecule has 4 rings (SSSR count). The number of aromatic nitrogens is 2. The number of methoxy groups -OCH3 is 1. The molecule has 1 aromatic heterocycles. The summed E-state index contributed by atoms with van der Waals surface area (Å²) in [5.41, 5.74) is 1.47. The van der Waals surface area contributed by atoms with Crippen molar-refractivity contribution in [2.45, 2.75) is 19.6 Å². The van der Waals surface area contributed by atoms with Crippen molar-refractivity contribution in [2.75, 3.05) is 12.0 Å². The molecular formula is C19H17N3O4. The molecule has 26 heavy (non-hydrogen) atoms. The number of amides is 1. The van der Waals surface area contributed by atoms with Gasteiger partial charge in [0.2, 0.25) is 11.7 Å². The largest absolute Gasteiger partial charge is 0.497 e. The zero-order valence-corrected chi connectivity index (χ0v) is 14.4. The second-order valence-corrected chi connectivity index (χ2v) is 5.90. The van der Waals surface area contributed by atoms with Gasteiger partial charge in [0, 0.05) is 5.56 Å². The lowest BCUT2D eigenvalue weighted by atomic mass is 10.2. The Bertz CT molecular complexity index is 953. The smallest absolute Gasteiger partial charge is 0.268 e. The first-order chi connectivity index (χ1) is 12.7. The highest BCUT2D eigenvalue weighted by atomic mass is 16.5. The van der Waals surface area contributed by atoms with E-state index in [1.807, 2.05) is 48.5 Å². The van der Waals surface area contributed by atoms with Gasteiger partial charge in [-0.05, 0) is 31.2 Å². The molecule has 1 aliphatic heterocycles. The summed E-state index contributed by atoms with van der Waals surface area (Å²) in [6, 6.07) is 14.8. The van der Waals surface area contributed by atoms with Gasteiger partial charge < -0.3 is 14.0 Å². The van der Waals surface area contributed by atoms with Crippen molar-refractivity contribution >= 4 is 11.6 Å². The van der Waals surface area contributed by atoms with Gasteiger partial charge in [0.25, 0.3) is 5.91 Å². The molecule has 0 N–H and O–H groups in total. The molecule has 0 fully saturated rings. The number of rotatable bonds is 4. The molecule has 0 aliphatic carbocycles. The van der Waals surface area contributed by atoms with Crippen LogP contribution in [0.15, 0.2) is 53.1 Å². The summed E-state index contributed by atoms with van der Waals surface area (Å²) < 4.78 is 16.2. The number of nitrogens with zero attached hydrogens (tertiary/aromatic N) is 3. The Labute approximate surface area is 150 Å². The van der Waals surface area contributed by atoms with Crippen LogP contribution < -0.4 is 14.4 Å². The normalized spacial score (nSPS) is 16.2. The van der Waals surface area contributed by atoms with Crippen LogP contribution in [0.5, 0.6) is 11.5 Å². The van der Waals surface area contributed by atoms with E-state index in [9.17, 15) is 4.79 Å². The number of hydrogen-bond donors (Lipinski definition) is 0. The fraction of sp³-hybridized carbons (Fsp3) is 0.211. The minimum absolute atomic E-state index is 0.148. The molecule has 0 spiro atoms. The maximum atomic E-state index is 12.5. The summed E-state index contributed by atoms with van der Waals surface area (Å²) in [7, 11) is 1.60. The van der Waals surface area contributed by atoms with Crippen molar-refractivity contribution in [2.24, 2.45) is 0 Å². The third-order valence-corrected chi connectivity index (χ3v) is 4.16. The second-order valence-electron chi connectivity index (χ2n) is 5.90. The Morgan fingerprint density at radius 1 is 1.19 bits per heavy atom. The molecule has 0 saturated carbocycles. The van der Waals surface area contributed by atoms with Crippen LogP contribution in [-0.2, 0) is 11.3 Å². The van der Waals surface area contributed by atoms with Crippen molar-refractivity contribution < 1.29 is 18.8 Å². The quantitative estimate of drug-likeness (QED) is 0.719. The van der Waals surface area contributed by atoms with Crippen LogP contribution in [0, 0.1) is 0 Å². The van der Waals surface area contributed by atoms with Crippen LogP contribution in [0.4, 0.5) is 5.69 Å². The van der Waals surface area contributed by atoms with Crippen molar-refractivity contribution in [3.8, 4) is 22.9 Å². The SMILES string of the molecule is COc1cccc(-c2noc(CN3C(=O)C(C)Oc4ccccc43)n2)c1. The molecule has 2 heterocycles. The molecule has 1 unspecified atom stereocenters. The highest BCUT2D eigenvalue weighted by Gasteiger charge is 2.32. The predicted molar refractivity (Wildman–Crippen MR) is 94.0 cm³/mol. The summed E-state index contributed by atoms with van der Waals surface area (Å²) in [5, 5.41) is 4.02. The summed E-state index contributed by atoms with van der Waals surface area (Å²) in [6.07, 6.45) is -0.564. The molecule has 7 heteroatoms. The van der Waals surface area contributed by atoms with Gasteiger partial charge in [0.05, 0.1) is 12.8 Å². The fourth-order valence-corrected chi connectivity index (χ4v) is 2.86. The van der Waals surface area contributed by atoms with E-state index in [2.05, 4.69) is 10.1 Å². The molecule has 1 atom stereocenters. The molecule has 2 aromatic carbocycles. The number of ether oxygens (including phenoxy) is 2. The standard InChI is InChI=1S/C19H17N3O4/c1-12-19(23)22(15-8-3-4-9-16(15)25-12)11-17-20-18(21-26-17)13-6-5-7-14(10-13)24-2/h3-10,12H,11H2,1-2H3. The molecule has 3 aromatic rings. The van der Waals surface area contributed by atoms with Crippen LogP contribution in [-0.4, -0.2) is 29.3 Å². The number of hydrogen-bond acceptors (Lipinski definition) is 6. The van der Waals surface area contributed by atoms with Gasteiger partial charge in [0.1, 0.15) is 18.0 Å². The fourth-order valence-electron chi connectivity index (χ4n) is 2.86. The monoisotopic (exact) mass is 351 g/mol. The van der Waals surface area contributed by atoms with Crippen LogP contribution in [0.25, 0.3) is 11.4 Å². The Balaban J connectivity index is 1.62. The highest BCUT2D eigenvalue weighted by molar-refractivity contribution is 5.99. The van der Waals surface area contributed by atoms with E-state index < -0.39 is 6.10 Å². The highest BCUT2D eigenvalue weighted by Crippen LogP contribution is 2.34. The molecule has 1 aliphatic rings. The lowest BCUT2D eigenvalue weighted by Gasteiger charge is -2.31. The molecule has 0 saturated heterocycles. The number of anilines is 1. The predicted octanol–water partition coefficient (Wildman–Crippen LogP) is 3.06. The molecule has 0 bridgehead atoms. The van der Waals surface area contributed by atoms with Gasteiger partial charge in [-0.1, -0.05) is 29.4 Å². The van der Waals surface area contributed by atoms with Crippen LogP contribution in [0.2, 0.25) is 0 Å². The molecule has 0 radical (unpaired) electrons. The van der Waals surface area contributed by atoms with Gasteiger partial charge in [-0.15, -0.1) is 0 Å². The van der Waals surface area contributed by atoms with Crippen molar-refractivity contribution in [1.29, 1.82) is 0 Å². The number of para-hydroxylation sites is 2. The Morgan fingerprint density at radius 3 is 2.88 bits per heavy atom. The number of fused-ring (bicyclic) bond motifs is 1. The third-order valence-electron chi connectivity index (χ3n) is 4.16. The zero-order chi connectivity index (χ0) is 18.1. The van der Waals surface area contributed by atoms with Gasteiger partial charge in [-0.3, -0.25) is 9.69 Å². The summed E-state index contributed by atoms with van der Waals surface area (Å²) in [5.74, 6) is 2.01. The first-order valence-electron chi connectivity index (χ1n) is 8.20. The zero-order valence-electron chi connectivity index (χ0n) is 14.4. The van der Waals surface area contributed by atoms with Crippen LogP contribution in [0.3, 0.4) is 0 Å². The molecule has 1 amide bonds. The van der Waals surface area contributed by atoms with Crippen molar-refractivity contribution in [3.63, 3.8) is 0 Å². The maximum absolute atomic E-state index is 12.5. The van der Waals surface area contributed by atoms with Crippen molar-refractivity contribution in [3.05, 3.63) is 54.4 Å². The van der Waals surface area contributed by atoms with Gasteiger partial charge >= 0.3 is 0 Å². The molecule has 7 nitrogen and oxygen atoms in total. The average Bonchev–Trinajstić information content (AvgIpc) is 3.14. The summed E-state index contributed by atoms with van der Waals surface area (Å²) in [4.78, 5) is 18.6. The van der Waals surface area contributed by atoms with E-state index >= 15 is 0 Å². The minimum atomic E-state index is -0.564. The Hall–Kier alpha value is -3.35.